The van der Waals surface area contributed by atoms with Gasteiger partial charge in [0.25, 0.3) is 5.91 Å². The number of fused-ring (bicyclic) bond motifs is 1. The molecule has 6 nitrogen and oxygen atoms in total. The molecule has 2 N–H and O–H groups in total. The Balaban J connectivity index is 0.00000240. The lowest BCUT2D eigenvalue weighted by molar-refractivity contribution is -0.135. The lowest BCUT2D eigenvalue weighted by Crippen LogP contribution is -2.49. The Kier molecular flexibility index (Phi) is 6.54. The van der Waals surface area contributed by atoms with Gasteiger partial charge < -0.3 is 19.8 Å². The number of hydrogen-bond donors (Lipinski definition) is 1. The largest absolute Gasteiger partial charge is 0.484 e. The zero-order valence-electron chi connectivity index (χ0n) is 16.8. The molecule has 2 aliphatic rings. The van der Waals surface area contributed by atoms with Crippen molar-refractivity contribution in [2.45, 2.75) is 51.5 Å². The number of likely N-dealkylation sites (tertiary alicyclic amines) is 1. The average Bonchev–Trinajstić information content (AvgIpc) is 3.05. The second kappa shape index (κ2) is 8.76. The number of amides is 1. The van der Waals surface area contributed by atoms with Gasteiger partial charge in [-0.25, -0.2) is 4.79 Å². The van der Waals surface area contributed by atoms with E-state index in [1.54, 1.807) is 6.07 Å². The van der Waals surface area contributed by atoms with Crippen LogP contribution in [0.2, 0.25) is 0 Å². The fraction of sp³-hybridized carbons (Fsp3) is 0.545. The van der Waals surface area contributed by atoms with Crippen LogP contribution < -0.4 is 16.1 Å². The molecule has 0 bridgehead atoms. The first kappa shape index (κ1) is 21.7. The van der Waals surface area contributed by atoms with Crippen molar-refractivity contribution in [3.8, 4) is 5.75 Å². The molecule has 158 valence electrons. The zero-order chi connectivity index (χ0) is 19.7. The Morgan fingerprint density at radius 2 is 2.03 bits per heavy atom. The molecule has 4 rings (SSSR count). The van der Waals surface area contributed by atoms with Crippen molar-refractivity contribution in [3.63, 3.8) is 0 Å². The maximum absolute atomic E-state index is 12.6. The van der Waals surface area contributed by atoms with Gasteiger partial charge in [-0.3, -0.25) is 4.79 Å². The molecule has 29 heavy (non-hydrogen) atoms. The maximum atomic E-state index is 12.6. The summed E-state index contributed by atoms with van der Waals surface area (Å²) >= 11 is 0. The van der Waals surface area contributed by atoms with Crippen LogP contribution in [-0.2, 0) is 11.2 Å². The van der Waals surface area contributed by atoms with Crippen LogP contribution in [0.25, 0.3) is 11.0 Å². The number of carbonyl (C=O) groups is 1. The molecule has 1 unspecified atom stereocenters. The van der Waals surface area contributed by atoms with E-state index in [9.17, 15) is 9.59 Å². The van der Waals surface area contributed by atoms with Crippen molar-refractivity contribution in [2.75, 3.05) is 19.7 Å². The predicted molar refractivity (Wildman–Crippen MR) is 115 cm³/mol. The van der Waals surface area contributed by atoms with Crippen LogP contribution in [0.4, 0.5) is 0 Å². The summed E-state index contributed by atoms with van der Waals surface area (Å²) in [5, 5.41) is 0.898. The van der Waals surface area contributed by atoms with Crippen molar-refractivity contribution < 1.29 is 13.9 Å². The van der Waals surface area contributed by atoms with Crippen molar-refractivity contribution in [1.29, 1.82) is 0 Å². The monoisotopic (exact) mass is 420 g/mol. The van der Waals surface area contributed by atoms with E-state index in [-0.39, 0.29) is 42.0 Å². The van der Waals surface area contributed by atoms with E-state index in [1.165, 1.54) is 18.9 Å². The van der Waals surface area contributed by atoms with Crippen LogP contribution in [0.3, 0.4) is 0 Å². The number of nitrogens with two attached hydrogens (primary N) is 1. The molecule has 1 aromatic heterocycles. The van der Waals surface area contributed by atoms with Gasteiger partial charge in [0.05, 0.1) is 0 Å². The zero-order valence-corrected chi connectivity index (χ0v) is 17.6. The van der Waals surface area contributed by atoms with Crippen molar-refractivity contribution >= 4 is 29.3 Å². The molecule has 2 aromatic rings. The summed E-state index contributed by atoms with van der Waals surface area (Å²) in [5.41, 5.74) is 7.62. The molecular formula is C22H29ClN2O4. The van der Waals surface area contributed by atoms with E-state index >= 15 is 0 Å². The number of carbonyl (C=O) groups excluding carboxylic acids is 1. The highest BCUT2D eigenvalue weighted by Crippen LogP contribution is 2.45. The number of nitrogens with zero attached hydrogens (tertiary/aromatic N) is 1. The molecule has 1 spiro atoms. The standard InChI is InChI=1S/C22H28N2O4.ClH/c1-2-15-12-21(26)28-18-13-16(5-6-17(15)18)27-14-20(25)24-10-8-22(9-11-24)7-3-4-19(22)23;/h5-6,12-13,19H,2-4,7-11,14,23H2,1H3;1H. The number of rotatable bonds is 4. The Morgan fingerprint density at radius 1 is 1.28 bits per heavy atom. The fourth-order valence-corrected chi connectivity index (χ4v) is 4.82. The van der Waals surface area contributed by atoms with Gasteiger partial charge in [0, 0.05) is 36.7 Å². The second-order valence-electron chi connectivity index (χ2n) is 8.13. The smallest absolute Gasteiger partial charge is 0.336 e. The third-order valence-electron chi connectivity index (χ3n) is 6.63. The van der Waals surface area contributed by atoms with Crippen LogP contribution in [0, 0.1) is 5.41 Å². The molecule has 1 amide bonds. The van der Waals surface area contributed by atoms with Crippen molar-refractivity contribution in [1.82, 2.24) is 4.90 Å². The highest BCUT2D eigenvalue weighted by atomic mass is 35.5. The maximum Gasteiger partial charge on any atom is 0.336 e. The van der Waals surface area contributed by atoms with Gasteiger partial charge >= 0.3 is 5.63 Å². The molecule has 1 aromatic carbocycles. The van der Waals surface area contributed by atoms with E-state index in [0.29, 0.717) is 11.3 Å². The lowest BCUT2D eigenvalue weighted by Gasteiger charge is -2.42. The molecule has 1 atom stereocenters. The van der Waals surface area contributed by atoms with Crippen LogP contribution in [-0.4, -0.2) is 36.5 Å². The topological polar surface area (TPSA) is 85.8 Å². The first-order chi connectivity index (χ1) is 13.5. The molecule has 1 aliphatic heterocycles. The predicted octanol–water partition coefficient (Wildman–Crippen LogP) is 3.28. The Morgan fingerprint density at radius 3 is 2.69 bits per heavy atom. The number of hydrogen-bond acceptors (Lipinski definition) is 5. The summed E-state index contributed by atoms with van der Waals surface area (Å²) in [4.78, 5) is 26.2. The Hall–Kier alpha value is -2.05. The van der Waals surface area contributed by atoms with Gasteiger partial charge in [0.15, 0.2) is 6.61 Å². The number of piperidine rings is 1. The van der Waals surface area contributed by atoms with Gasteiger partial charge in [-0.05, 0) is 55.2 Å². The van der Waals surface area contributed by atoms with E-state index in [2.05, 4.69) is 0 Å². The SMILES string of the molecule is CCc1cc(=O)oc2cc(OCC(=O)N3CCC4(CCCC4N)CC3)ccc12.Cl. The second-order valence-corrected chi connectivity index (χ2v) is 8.13. The van der Waals surface area contributed by atoms with Gasteiger partial charge in [-0.2, -0.15) is 0 Å². The third-order valence-corrected chi connectivity index (χ3v) is 6.63. The van der Waals surface area contributed by atoms with Crippen LogP contribution in [0.15, 0.2) is 33.5 Å². The van der Waals surface area contributed by atoms with Crippen molar-refractivity contribution in [3.05, 3.63) is 40.2 Å². The fourth-order valence-electron chi connectivity index (χ4n) is 4.82. The number of benzene rings is 1. The summed E-state index contributed by atoms with van der Waals surface area (Å²) in [6.07, 6.45) is 6.22. The van der Waals surface area contributed by atoms with E-state index in [4.69, 9.17) is 14.9 Å². The van der Waals surface area contributed by atoms with E-state index < -0.39 is 0 Å². The minimum atomic E-state index is -0.370. The van der Waals surface area contributed by atoms with Crippen LogP contribution in [0.5, 0.6) is 5.75 Å². The molecule has 1 saturated carbocycles. The lowest BCUT2D eigenvalue weighted by atomic mass is 9.74. The summed E-state index contributed by atoms with van der Waals surface area (Å²) in [7, 11) is 0. The van der Waals surface area contributed by atoms with Crippen molar-refractivity contribution in [2.24, 2.45) is 11.1 Å². The molecule has 7 heteroatoms. The normalized spacial score (nSPS) is 20.6. The van der Waals surface area contributed by atoms with Gasteiger partial charge in [0.1, 0.15) is 11.3 Å². The number of aryl methyl sites for hydroxylation is 1. The molecule has 1 saturated heterocycles. The highest BCUT2D eigenvalue weighted by molar-refractivity contribution is 5.85. The van der Waals surface area contributed by atoms with Crippen LogP contribution in [0.1, 0.15) is 44.6 Å². The Labute approximate surface area is 176 Å². The van der Waals surface area contributed by atoms with Crippen LogP contribution >= 0.6 is 12.4 Å². The molecule has 2 heterocycles. The number of ether oxygens (including phenoxy) is 1. The van der Waals surface area contributed by atoms with E-state index in [0.717, 1.165) is 49.7 Å². The minimum absolute atomic E-state index is 0. The first-order valence-electron chi connectivity index (χ1n) is 10.2. The third kappa shape index (κ3) is 4.28. The Bertz CT molecular complexity index is 934. The molecular weight excluding hydrogens is 392 g/mol. The summed E-state index contributed by atoms with van der Waals surface area (Å²) in [6.45, 7) is 3.49. The van der Waals surface area contributed by atoms with Gasteiger partial charge in [-0.1, -0.05) is 13.3 Å². The quantitative estimate of drug-likeness (QED) is 0.767. The molecule has 2 fully saturated rings. The summed E-state index contributed by atoms with van der Waals surface area (Å²) in [5.74, 6) is 0.522. The van der Waals surface area contributed by atoms with E-state index in [1.807, 2.05) is 24.0 Å². The van der Waals surface area contributed by atoms with Gasteiger partial charge in [0.2, 0.25) is 0 Å². The average molecular weight is 421 g/mol. The molecule has 0 radical (unpaired) electrons. The number of halogens is 1. The first-order valence-corrected chi connectivity index (χ1v) is 10.2. The molecule has 1 aliphatic carbocycles. The summed E-state index contributed by atoms with van der Waals surface area (Å²) < 4.78 is 11.0. The summed E-state index contributed by atoms with van der Waals surface area (Å²) in [6, 6.07) is 7.18. The highest BCUT2D eigenvalue weighted by Gasteiger charge is 2.43. The minimum Gasteiger partial charge on any atom is -0.484 e. The van der Waals surface area contributed by atoms with Gasteiger partial charge in [-0.15, -0.1) is 12.4 Å².